The number of aromatic carboxylic acids is 1. The number of carbonyl (C=O) groups excluding carboxylic acids is 2. The zero-order chi connectivity index (χ0) is 23.7. The Kier molecular flexibility index (Phi) is 6.57. The zero-order valence-electron chi connectivity index (χ0n) is 18.8. The molecule has 176 valence electrons. The minimum atomic E-state index is -1.16. The number of anilines is 1. The van der Waals surface area contributed by atoms with Crippen LogP contribution in [0.2, 0.25) is 0 Å². The Morgan fingerprint density at radius 2 is 1.82 bits per heavy atom. The predicted molar refractivity (Wildman–Crippen MR) is 123 cm³/mol. The van der Waals surface area contributed by atoms with E-state index >= 15 is 0 Å². The molecule has 2 aliphatic heterocycles. The second-order valence-corrected chi connectivity index (χ2v) is 9.49. The summed E-state index contributed by atoms with van der Waals surface area (Å²) in [6.45, 7) is 8.54. The first-order valence-corrected chi connectivity index (χ1v) is 11.6. The highest BCUT2D eigenvalue weighted by Gasteiger charge is 2.30. The number of ether oxygens (including phenoxy) is 2. The van der Waals surface area contributed by atoms with Crippen molar-refractivity contribution in [3.8, 4) is 11.5 Å². The molecule has 0 spiro atoms. The van der Waals surface area contributed by atoms with Crippen LogP contribution >= 0.6 is 11.3 Å². The van der Waals surface area contributed by atoms with Gasteiger partial charge in [0.1, 0.15) is 5.00 Å². The SMILES string of the molecule is Cc1c(C(=O)N2CCN(Cc3ccc4c(c3)OCO4)CC2)sc(NC(=O)C(C)C)c1C(=O)O. The van der Waals surface area contributed by atoms with Gasteiger partial charge in [-0.3, -0.25) is 14.5 Å². The van der Waals surface area contributed by atoms with Gasteiger partial charge in [0.15, 0.2) is 11.5 Å². The van der Waals surface area contributed by atoms with Gasteiger partial charge in [-0.15, -0.1) is 11.3 Å². The van der Waals surface area contributed by atoms with Crippen LogP contribution in [0, 0.1) is 12.8 Å². The van der Waals surface area contributed by atoms with E-state index in [0.717, 1.165) is 34.9 Å². The number of hydrogen-bond donors (Lipinski definition) is 2. The van der Waals surface area contributed by atoms with E-state index in [0.29, 0.717) is 36.6 Å². The summed E-state index contributed by atoms with van der Waals surface area (Å²) in [7, 11) is 0. The van der Waals surface area contributed by atoms with Gasteiger partial charge in [-0.05, 0) is 30.2 Å². The number of thiophene rings is 1. The monoisotopic (exact) mass is 473 g/mol. The Morgan fingerprint density at radius 1 is 1.12 bits per heavy atom. The third-order valence-electron chi connectivity index (χ3n) is 5.82. The summed E-state index contributed by atoms with van der Waals surface area (Å²) >= 11 is 1.03. The highest BCUT2D eigenvalue weighted by Crippen LogP contribution is 2.35. The molecule has 33 heavy (non-hydrogen) atoms. The first kappa shape index (κ1) is 23.1. The molecule has 4 rings (SSSR count). The first-order chi connectivity index (χ1) is 15.7. The van der Waals surface area contributed by atoms with Gasteiger partial charge >= 0.3 is 5.97 Å². The molecule has 0 aliphatic carbocycles. The summed E-state index contributed by atoms with van der Waals surface area (Å²) in [5, 5.41) is 12.5. The number of nitrogens with zero attached hydrogens (tertiary/aromatic N) is 2. The lowest BCUT2D eigenvalue weighted by atomic mass is 10.1. The fourth-order valence-electron chi connectivity index (χ4n) is 3.87. The molecule has 0 radical (unpaired) electrons. The van der Waals surface area contributed by atoms with Gasteiger partial charge in [-0.2, -0.15) is 0 Å². The fourth-order valence-corrected chi connectivity index (χ4v) is 5.04. The molecular weight excluding hydrogens is 446 g/mol. The van der Waals surface area contributed by atoms with Crippen LogP contribution in [-0.2, 0) is 11.3 Å². The molecule has 2 N–H and O–H groups in total. The molecule has 10 heteroatoms. The largest absolute Gasteiger partial charge is 0.478 e. The summed E-state index contributed by atoms with van der Waals surface area (Å²) in [6, 6.07) is 5.91. The second-order valence-electron chi connectivity index (χ2n) is 8.47. The highest BCUT2D eigenvalue weighted by atomic mass is 32.1. The van der Waals surface area contributed by atoms with Gasteiger partial charge < -0.3 is 24.8 Å². The number of carboxylic acids is 1. The lowest BCUT2D eigenvalue weighted by molar-refractivity contribution is -0.118. The van der Waals surface area contributed by atoms with E-state index in [4.69, 9.17) is 9.47 Å². The number of carboxylic acid groups (broad SMARTS) is 1. The number of fused-ring (bicyclic) bond motifs is 1. The summed E-state index contributed by atoms with van der Waals surface area (Å²) in [6.07, 6.45) is 0. The molecule has 1 saturated heterocycles. The van der Waals surface area contributed by atoms with Gasteiger partial charge in [0.25, 0.3) is 5.91 Å². The number of nitrogens with one attached hydrogen (secondary N) is 1. The van der Waals surface area contributed by atoms with Crippen LogP contribution < -0.4 is 14.8 Å². The van der Waals surface area contributed by atoms with Crippen LogP contribution in [0.15, 0.2) is 18.2 Å². The number of hydrogen-bond acceptors (Lipinski definition) is 7. The number of piperazine rings is 1. The van der Waals surface area contributed by atoms with Crippen molar-refractivity contribution >= 4 is 34.1 Å². The third-order valence-corrected chi connectivity index (χ3v) is 7.01. The van der Waals surface area contributed by atoms with E-state index in [2.05, 4.69) is 10.2 Å². The molecule has 0 bridgehead atoms. The van der Waals surface area contributed by atoms with Crippen LogP contribution in [0.25, 0.3) is 0 Å². The summed E-state index contributed by atoms with van der Waals surface area (Å²) in [4.78, 5) is 41.5. The quantitative estimate of drug-likeness (QED) is 0.664. The average molecular weight is 474 g/mol. The van der Waals surface area contributed by atoms with Crippen LogP contribution in [0.1, 0.15) is 45.0 Å². The minimum Gasteiger partial charge on any atom is -0.478 e. The van der Waals surface area contributed by atoms with Crippen molar-refractivity contribution < 1.29 is 29.0 Å². The average Bonchev–Trinajstić information content (AvgIpc) is 3.37. The van der Waals surface area contributed by atoms with E-state index in [1.165, 1.54) is 0 Å². The molecule has 0 unspecified atom stereocenters. The molecule has 2 amide bonds. The molecule has 3 heterocycles. The Bertz CT molecular complexity index is 1090. The van der Waals surface area contributed by atoms with Gasteiger partial charge in [0.05, 0.1) is 10.4 Å². The van der Waals surface area contributed by atoms with Crippen molar-refractivity contribution in [2.24, 2.45) is 5.92 Å². The van der Waals surface area contributed by atoms with Crippen molar-refractivity contribution in [2.75, 3.05) is 38.3 Å². The third kappa shape index (κ3) is 4.81. The lowest BCUT2D eigenvalue weighted by Gasteiger charge is -2.34. The van der Waals surface area contributed by atoms with Crippen LogP contribution in [-0.4, -0.2) is 65.7 Å². The normalized spacial score (nSPS) is 15.7. The Labute approximate surface area is 195 Å². The topological polar surface area (TPSA) is 108 Å². The maximum atomic E-state index is 13.2. The fraction of sp³-hybridized carbons (Fsp3) is 0.435. The number of benzene rings is 1. The number of rotatable bonds is 6. The maximum absolute atomic E-state index is 13.2. The van der Waals surface area contributed by atoms with E-state index in [1.54, 1.807) is 25.7 Å². The molecule has 0 saturated carbocycles. The summed E-state index contributed by atoms with van der Waals surface area (Å²) < 4.78 is 10.8. The zero-order valence-corrected chi connectivity index (χ0v) is 19.7. The van der Waals surface area contributed by atoms with Crippen molar-refractivity contribution in [3.05, 3.63) is 39.8 Å². The van der Waals surface area contributed by atoms with Gasteiger partial charge in [-0.25, -0.2) is 4.79 Å². The molecule has 0 atom stereocenters. The smallest absolute Gasteiger partial charge is 0.339 e. The Hall–Kier alpha value is -3.11. The van der Waals surface area contributed by atoms with Crippen molar-refractivity contribution in [1.82, 2.24) is 9.80 Å². The predicted octanol–water partition coefficient (Wildman–Crippen LogP) is 3.04. The molecule has 9 nitrogen and oxygen atoms in total. The molecule has 2 aliphatic rings. The van der Waals surface area contributed by atoms with Crippen molar-refractivity contribution in [3.63, 3.8) is 0 Å². The maximum Gasteiger partial charge on any atom is 0.339 e. The summed E-state index contributed by atoms with van der Waals surface area (Å²) in [5.74, 6) is -0.432. The number of amides is 2. The molecule has 1 fully saturated rings. The van der Waals surface area contributed by atoms with Crippen LogP contribution in [0.5, 0.6) is 11.5 Å². The first-order valence-electron chi connectivity index (χ1n) is 10.8. The Balaban J connectivity index is 1.42. The van der Waals surface area contributed by atoms with E-state index in [9.17, 15) is 19.5 Å². The van der Waals surface area contributed by atoms with Crippen LogP contribution in [0.4, 0.5) is 5.00 Å². The van der Waals surface area contributed by atoms with Gasteiger partial charge in [0.2, 0.25) is 12.7 Å². The van der Waals surface area contributed by atoms with Crippen molar-refractivity contribution in [1.29, 1.82) is 0 Å². The van der Waals surface area contributed by atoms with Crippen LogP contribution in [0.3, 0.4) is 0 Å². The molecule has 1 aromatic carbocycles. The molecule has 1 aromatic heterocycles. The standard InChI is InChI=1S/C23H27N3O6S/c1-13(2)20(27)24-21-18(23(29)30)14(3)19(33-21)22(28)26-8-6-25(7-9-26)11-15-4-5-16-17(10-15)32-12-31-16/h4-5,10,13H,6-9,11-12H2,1-3H3,(H,24,27)(H,29,30). The minimum absolute atomic E-state index is 0.0150. The van der Waals surface area contributed by atoms with Gasteiger partial charge in [0, 0.05) is 38.6 Å². The second kappa shape index (κ2) is 9.40. The highest BCUT2D eigenvalue weighted by molar-refractivity contribution is 7.18. The van der Waals surface area contributed by atoms with E-state index in [-0.39, 0.29) is 35.1 Å². The lowest BCUT2D eigenvalue weighted by Crippen LogP contribution is -2.48. The Morgan fingerprint density at radius 3 is 2.48 bits per heavy atom. The molecular formula is C23H27N3O6S. The summed E-state index contributed by atoms with van der Waals surface area (Å²) in [5.41, 5.74) is 1.49. The number of carbonyl (C=O) groups is 3. The van der Waals surface area contributed by atoms with E-state index < -0.39 is 5.97 Å². The van der Waals surface area contributed by atoms with Gasteiger partial charge in [-0.1, -0.05) is 19.9 Å². The molecule has 2 aromatic rings. The van der Waals surface area contributed by atoms with Crippen molar-refractivity contribution in [2.45, 2.75) is 27.3 Å². The van der Waals surface area contributed by atoms with E-state index in [1.807, 2.05) is 18.2 Å².